The lowest BCUT2D eigenvalue weighted by Crippen LogP contribution is -2.36. The van der Waals surface area contributed by atoms with E-state index in [4.69, 9.17) is 5.10 Å². The Labute approximate surface area is 159 Å². The summed E-state index contributed by atoms with van der Waals surface area (Å²) in [6.07, 6.45) is 1.83. The molecule has 0 amide bonds. The average molecular weight is 359 g/mol. The number of fused-ring (bicyclic) bond motifs is 1. The Balaban J connectivity index is 1.97. The number of para-hydroxylation sites is 2. The molecule has 0 aliphatic rings. The Morgan fingerprint density at radius 1 is 0.889 bits per heavy atom. The fraction of sp³-hybridized carbons (Fsp3) is 0.318. The highest BCUT2D eigenvalue weighted by atomic mass is 15.5. The molecule has 0 radical (unpaired) electrons. The molecule has 0 bridgehead atoms. The maximum absolute atomic E-state index is 4.89. The van der Waals surface area contributed by atoms with Gasteiger partial charge in [-0.25, -0.2) is 9.36 Å². The summed E-state index contributed by atoms with van der Waals surface area (Å²) in [7, 11) is 0. The lowest BCUT2D eigenvalue weighted by atomic mass is 9.83. The largest absolute Gasteiger partial charge is 0.237 e. The van der Waals surface area contributed by atoms with Gasteiger partial charge in [0.05, 0.1) is 22.4 Å². The molecule has 0 unspecified atom stereocenters. The Kier molecular flexibility index (Phi) is 4.30. The van der Waals surface area contributed by atoms with Crippen molar-refractivity contribution in [2.24, 2.45) is 0 Å². The number of hydrogen-bond donors (Lipinski definition) is 0. The summed E-state index contributed by atoms with van der Waals surface area (Å²) in [4.78, 5) is 0. The summed E-state index contributed by atoms with van der Waals surface area (Å²) in [5.74, 6) is 0. The van der Waals surface area contributed by atoms with Gasteiger partial charge < -0.3 is 0 Å². The van der Waals surface area contributed by atoms with Crippen molar-refractivity contribution in [1.82, 2.24) is 24.8 Å². The van der Waals surface area contributed by atoms with Gasteiger partial charge in [-0.15, -0.1) is 5.10 Å². The number of hydrogen-bond acceptors (Lipinski definition) is 3. The minimum atomic E-state index is -0.280. The predicted octanol–water partition coefficient (Wildman–Crippen LogP) is 4.80. The second-order valence-electron chi connectivity index (χ2n) is 7.02. The van der Waals surface area contributed by atoms with Gasteiger partial charge in [0.25, 0.3) is 0 Å². The third-order valence-electron chi connectivity index (χ3n) is 5.68. The van der Waals surface area contributed by atoms with E-state index in [1.54, 1.807) is 0 Å². The van der Waals surface area contributed by atoms with Gasteiger partial charge in [0.15, 0.2) is 0 Å². The van der Waals surface area contributed by atoms with Crippen molar-refractivity contribution >= 4 is 11.0 Å². The number of benzene rings is 2. The van der Waals surface area contributed by atoms with Crippen LogP contribution in [0.5, 0.6) is 0 Å². The van der Waals surface area contributed by atoms with Crippen molar-refractivity contribution in [3.05, 3.63) is 71.5 Å². The molecule has 4 aromatic rings. The molecule has 2 aromatic heterocycles. The number of nitrogens with zero attached hydrogens (tertiary/aromatic N) is 5. The minimum Gasteiger partial charge on any atom is -0.237 e. The fourth-order valence-corrected chi connectivity index (χ4v) is 4.33. The maximum atomic E-state index is 4.89. The molecule has 138 valence electrons. The summed E-state index contributed by atoms with van der Waals surface area (Å²) in [5.41, 5.74) is 6.22. The first-order valence-corrected chi connectivity index (χ1v) is 9.55. The van der Waals surface area contributed by atoms with Gasteiger partial charge in [-0.3, -0.25) is 0 Å². The van der Waals surface area contributed by atoms with E-state index in [-0.39, 0.29) is 5.54 Å². The zero-order valence-corrected chi connectivity index (χ0v) is 16.3. The van der Waals surface area contributed by atoms with E-state index < -0.39 is 0 Å². The zero-order chi connectivity index (χ0) is 19.0. The van der Waals surface area contributed by atoms with Crippen LogP contribution in [0.15, 0.2) is 54.6 Å². The smallest absolute Gasteiger partial charge is 0.113 e. The fourth-order valence-electron chi connectivity index (χ4n) is 4.33. The molecule has 0 saturated carbocycles. The number of aryl methyl sites for hydroxylation is 1. The first-order chi connectivity index (χ1) is 13.1. The van der Waals surface area contributed by atoms with Crippen LogP contribution >= 0.6 is 0 Å². The molecule has 0 aliphatic carbocycles. The Bertz CT molecular complexity index is 1070. The van der Waals surface area contributed by atoms with Crippen LogP contribution in [0.4, 0.5) is 0 Å². The van der Waals surface area contributed by atoms with Crippen molar-refractivity contribution in [1.29, 1.82) is 0 Å². The Hall–Kier alpha value is -2.95. The van der Waals surface area contributed by atoms with Crippen LogP contribution in [-0.2, 0) is 5.54 Å². The average Bonchev–Trinajstić information content (AvgIpc) is 3.27. The quantitative estimate of drug-likeness (QED) is 0.514. The summed E-state index contributed by atoms with van der Waals surface area (Å²) in [6.45, 7) is 8.69. The zero-order valence-electron chi connectivity index (χ0n) is 16.3. The van der Waals surface area contributed by atoms with E-state index in [1.807, 2.05) is 41.1 Å². The molecule has 5 heteroatoms. The Morgan fingerprint density at radius 2 is 1.56 bits per heavy atom. The standard InChI is InChI=1S/C22H25N5/c1-5-22(6-2,27-20-15-11-10-14-19(20)23-25-27)21-16(3)24-26(17(21)4)18-12-8-7-9-13-18/h7-15H,5-6H2,1-4H3. The van der Waals surface area contributed by atoms with E-state index in [1.165, 1.54) is 5.56 Å². The summed E-state index contributed by atoms with van der Waals surface area (Å²) in [5, 5.41) is 13.9. The van der Waals surface area contributed by atoms with Crippen molar-refractivity contribution in [2.45, 2.75) is 46.1 Å². The van der Waals surface area contributed by atoms with E-state index in [2.05, 4.69) is 60.9 Å². The molecule has 27 heavy (non-hydrogen) atoms. The van der Waals surface area contributed by atoms with Gasteiger partial charge in [0.1, 0.15) is 5.52 Å². The molecule has 0 atom stereocenters. The molecule has 0 spiro atoms. The SMILES string of the molecule is CCC(CC)(c1c(C)nn(-c2ccccc2)c1C)n1nnc2ccccc21. The summed E-state index contributed by atoms with van der Waals surface area (Å²) < 4.78 is 4.15. The van der Waals surface area contributed by atoms with Crippen molar-refractivity contribution in [3.8, 4) is 5.69 Å². The highest BCUT2D eigenvalue weighted by molar-refractivity contribution is 5.74. The van der Waals surface area contributed by atoms with Crippen molar-refractivity contribution in [3.63, 3.8) is 0 Å². The van der Waals surface area contributed by atoms with Crippen LogP contribution < -0.4 is 0 Å². The molecule has 5 nitrogen and oxygen atoms in total. The molecule has 0 saturated heterocycles. The van der Waals surface area contributed by atoms with Gasteiger partial charge >= 0.3 is 0 Å². The third-order valence-corrected chi connectivity index (χ3v) is 5.68. The predicted molar refractivity (Wildman–Crippen MR) is 108 cm³/mol. The van der Waals surface area contributed by atoms with Crippen LogP contribution in [0.2, 0.25) is 0 Å². The third kappa shape index (κ3) is 2.57. The minimum absolute atomic E-state index is 0.280. The summed E-state index contributed by atoms with van der Waals surface area (Å²) >= 11 is 0. The second-order valence-corrected chi connectivity index (χ2v) is 7.02. The molecule has 0 N–H and O–H groups in total. The van der Waals surface area contributed by atoms with E-state index in [0.29, 0.717) is 0 Å². The number of aromatic nitrogens is 5. The molecule has 0 fully saturated rings. The van der Waals surface area contributed by atoms with Crippen molar-refractivity contribution in [2.75, 3.05) is 0 Å². The highest BCUT2D eigenvalue weighted by Gasteiger charge is 2.38. The van der Waals surface area contributed by atoms with E-state index in [0.717, 1.165) is 41.0 Å². The summed E-state index contributed by atoms with van der Waals surface area (Å²) in [6, 6.07) is 18.5. The van der Waals surface area contributed by atoms with Crippen LogP contribution in [0.3, 0.4) is 0 Å². The molecule has 2 heterocycles. The molecular formula is C22H25N5. The van der Waals surface area contributed by atoms with Crippen LogP contribution in [0.1, 0.15) is 43.6 Å². The van der Waals surface area contributed by atoms with Crippen LogP contribution in [-0.4, -0.2) is 24.8 Å². The van der Waals surface area contributed by atoms with E-state index >= 15 is 0 Å². The lowest BCUT2D eigenvalue weighted by Gasteiger charge is -2.33. The normalized spacial score (nSPS) is 12.0. The van der Waals surface area contributed by atoms with Gasteiger partial charge in [-0.2, -0.15) is 5.10 Å². The highest BCUT2D eigenvalue weighted by Crippen LogP contribution is 2.39. The molecule has 0 aliphatic heterocycles. The van der Waals surface area contributed by atoms with Crippen LogP contribution in [0, 0.1) is 13.8 Å². The topological polar surface area (TPSA) is 48.5 Å². The van der Waals surface area contributed by atoms with Crippen molar-refractivity contribution < 1.29 is 0 Å². The first kappa shape index (κ1) is 17.5. The Morgan fingerprint density at radius 3 is 2.26 bits per heavy atom. The van der Waals surface area contributed by atoms with Crippen LogP contribution in [0.25, 0.3) is 16.7 Å². The molecule has 4 rings (SSSR count). The van der Waals surface area contributed by atoms with Gasteiger partial charge in [0, 0.05) is 11.3 Å². The lowest BCUT2D eigenvalue weighted by molar-refractivity contribution is 0.297. The van der Waals surface area contributed by atoms with E-state index in [9.17, 15) is 0 Å². The monoisotopic (exact) mass is 359 g/mol. The molecule has 2 aromatic carbocycles. The molecular weight excluding hydrogens is 334 g/mol. The van der Waals surface area contributed by atoms with Gasteiger partial charge in [0.2, 0.25) is 0 Å². The number of rotatable bonds is 5. The van der Waals surface area contributed by atoms with Gasteiger partial charge in [-0.05, 0) is 51.0 Å². The second kappa shape index (κ2) is 6.65. The first-order valence-electron chi connectivity index (χ1n) is 9.55. The van der Waals surface area contributed by atoms with Gasteiger partial charge in [-0.1, -0.05) is 49.4 Å². The maximum Gasteiger partial charge on any atom is 0.113 e.